The summed E-state index contributed by atoms with van der Waals surface area (Å²) in [6, 6.07) is 0. The Hall–Kier alpha value is -2.55. The second kappa shape index (κ2) is 9.72. The van der Waals surface area contributed by atoms with Gasteiger partial charge in [0.2, 0.25) is 11.8 Å². The van der Waals surface area contributed by atoms with Gasteiger partial charge in [0.15, 0.2) is 0 Å². The van der Waals surface area contributed by atoms with Crippen LogP contribution >= 0.6 is 0 Å². The molecule has 2 aliphatic heterocycles. The number of hydrogen-bond donors (Lipinski definition) is 0. The van der Waals surface area contributed by atoms with Crippen molar-refractivity contribution >= 4 is 17.6 Å². The van der Waals surface area contributed by atoms with Gasteiger partial charge in [-0.25, -0.2) is 9.50 Å². The van der Waals surface area contributed by atoms with Crippen LogP contribution in [-0.4, -0.2) is 91.9 Å². The first-order valence-electron chi connectivity index (χ1n) is 11.5. The van der Waals surface area contributed by atoms with E-state index in [1.807, 2.05) is 23.6 Å². The van der Waals surface area contributed by atoms with Gasteiger partial charge in [0.25, 0.3) is 5.78 Å². The van der Waals surface area contributed by atoms with Crippen LogP contribution in [-0.2, 0) is 16.0 Å². The number of rotatable bonds is 5. The SMILES string of the molecule is Cc1nc2ncnn2c(C)c1CCC(=O)N1CCN(CC(=O)N2CCCCCC2)CC1. The molecule has 4 heterocycles. The summed E-state index contributed by atoms with van der Waals surface area (Å²) in [4.78, 5) is 40.2. The number of hydrogen-bond acceptors (Lipinski definition) is 6. The minimum Gasteiger partial charge on any atom is -0.342 e. The number of carbonyl (C=O) groups is 2. The number of piperazine rings is 1. The third-order valence-electron chi connectivity index (χ3n) is 6.62. The average Bonchev–Trinajstić information content (AvgIpc) is 3.06. The maximum Gasteiger partial charge on any atom is 0.252 e. The Morgan fingerprint density at radius 2 is 1.58 bits per heavy atom. The second-order valence-electron chi connectivity index (χ2n) is 8.68. The Kier molecular flexibility index (Phi) is 6.80. The summed E-state index contributed by atoms with van der Waals surface area (Å²) in [5, 5.41) is 4.22. The highest BCUT2D eigenvalue weighted by Crippen LogP contribution is 2.16. The highest BCUT2D eigenvalue weighted by Gasteiger charge is 2.25. The van der Waals surface area contributed by atoms with Gasteiger partial charge in [-0.05, 0) is 38.7 Å². The van der Waals surface area contributed by atoms with Crippen LogP contribution in [0.5, 0.6) is 0 Å². The molecular weight excluding hydrogens is 394 g/mol. The highest BCUT2D eigenvalue weighted by atomic mass is 16.2. The zero-order valence-corrected chi connectivity index (χ0v) is 18.7. The van der Waals surface area contributed by atoms with Gasteiger partial charge < -0.3 is 9.80 Å². The van der Waals surface area contributed by atoms with Gasteiger partial charge in [0, 0.05) is 57.1 Å². The molecule has 0 unspecified atom stereocenters. The zero-order chi connectivity index (χ0) is 21.8. The summed E-state index contributed by atoms with van der Waals surface area (Å²) in [6.45, 7) is 9.11. The van der Waals surface area contributed by atoms with E-state index in [2.05, 4.69) is 20.0 Å². The molecule has 2 aliphatic rings. The summed E-state index contributed by atoms with van der Waals surface area (Å²) in [7, 11) is 0. The highest BCUT2D eigenvalue weighted by molar-refractivity contribution is 5.78. The molecule has 168 valence electrons. The van der Waals surface area contributed by atoms with Crippen LogP contribution < -0.4 is 0 Å². The van der Waals surface area contributed by atoms with Crippen molar-refractivity contribution in [3.63, 3.8) is 0 Å². The quantitative estimate of drug-likeness (QED) is 0.713. The first-order valence-corrected chi connectivity index (χ1v) is 11.5. The maximum atomic E-state index is 12.8. The van der Waals surface area contributed by atoms with Crippen molar-refractivity contribution in [3.8, 4) is 0 Å². The largest absolute Gasteiger partial charge is 0.342 e. The summed E-state index contributed by atoms with van der Waals surface area (Å²) in [5.41, 5.74) is 2.96. The topological polar surface area (TPSA) is 86.9 Å². The summed E-state index contributed by atoms with van der Waals surface area (Å²) >= 11 is 0. The van der Waals surface area contributed by atoms with Crippen LogP contribution in [0.15, 0.2) is 6.33 Å². The minimum absolute atomic E-state index is 0.163. The van der Waals surface area contributed by atoms with Crippen molar-refractivity contribution in [2.75, 3.05) is 45.8 Å². The van der Waals surface area contributed by atoms with E-state index in [-0.39, 0.29) is 11.8 Å². The number of carbonyl (C=O) groups excluding carboxylic acids is 2. The fraction of sp³-hybridized carbons (Fsp3) is 0.682. The lowest BCUT2D eigenvalue weighted by Crippen LogP contribution is -2.51. The van der Waals surface area contributed by atoms with E-state index in [1.165, 1.54) is 19.2 Å². The van der Waals surface area contributed by atoms with Crippen molar-refractivity contribution in [2.24, 2.45) is 0 Å². The standard InChI is InChI=1S/C22H33N7O2/c1-17-19(18(2)29-22(25-17)23-16-24-29)7-8-20(30)28-13-11-26(12-14-28)15-21(31)27-9-5-3-4-6-10-27/h16H,3-15H2,1-2H3. The fourth-order valence-corrected chi connectivity index (χ4v) is 4.67. The molecule has 0 atom stereocenters. The first-order chi connectivity index (χ1) is 15.0. The molecule has 2 fully saturated rings. The average molecular weight is 428 g/mol. The van der Waals surface area contributed by atoms with Crippen molar-refractivity contribution in [3.05, 3.63) is 23.3 Å². The zero-order valence-electron chi connectivity index (χ0n) is 18.7. The van der Waals surface area contributed by atoms with Gasteiger partial charge in [-0.1, -0.05) is 12.8 Å². The molecular formula is C22H33N7O2. The van der Waals surface area contributed by atoms with E-state index in [9.17, 15) is 9.59 Å². The lowest BCUT2D eigenvalue weighted by atomic mass is 10.1. The Morgan fingerprint density at radius 3 is 2.29 bits per heavy atom. The fourth-order valence-electron chi connectivity index (χ4n) is 4.67. The lowest BCUT2D eigenvalue weighted by Gasteiger charge is -2.35. The minimum atomic E-state index is 0.163. The van der Waals surface area contributed by atoms with E-state index in [4.69, 9.17) is 0 Å². The molecule has 0 spiro atoms. The third-order valence-corrected chi connectivity index (χ3v) is 6.62. The number of aromatic nitrogens is 4. The third kappa shape index (κ3) is 5.03. The van der Waals surface area contributed by atoms with Gasteiger partial charge in [0.1, 0.15) is 6.33 Å². The van der Waals surface area contributed by atoms with Gasteiger partial charge in [0.05, 0.1) is 6.54 Å². The lowest BCUT2D eigenvalue weighted by molar-refractivity contribution is -0.135. The predicted molar refractivity (Wildman–Crippen MR) is 117 cm³/mol. The van der Waals surface area contributed by atoms with Crippen molar-refractivity contribution in [2.45, 2.75) is 52.4 Å². The molecule has 2 aromatic heterocycles. The number of fused-ring (bicyclic) bond motifs is 1. The van der Waals surface area contributed by atoms with Gasteiger partial charge in [-0.2, -0.15) is 10.1 Å². The second-order valence-corrected chi connectivity index (χ2v) is 8.68. The van der Waals surface area contributed by atoms with Crippen LogP contribution in [0.1, 0.15) is 49.1 Å². The van der Waals surface area contributed by atoms with Crippen molar-refractivity contribution in [1.29, 1.82) is 0 Å². The predicted octanol–water partition coefficient (Wildman–Crippen LogP) is 1.22. The van der Waals surface area contributed by atoms with E-state index in [1.54, 1.807) is 4.52 Å². The van der Waals surface area contributed by atoms with Crippen LogP contribution in [0.3, 0.4) is 0 Å². The van der Waals surface area contributed by atoms with E-state index in [0.29, 0.717) is 38.3 Å². The molecule has 9 heteroatoms. The Labute approximate surface area is 183 Å². The van der Waals surface area contributed by atoms with Gasteiger partial charge >= 0.3 is 0 Å². The molecule has 0 radical (unpaired) electrons. The van der Waals surface area contributed by atoms with Crippen LogP contribution in [0.4, 0.5) is 0 Å². The van der Waals surface area contributed by atoms with Crippen molar-refractivity contribution < 1.29 is 9.59 Å². The van der Waals surface area contributed by atoms with E-state index < -0.39 is 0 Å². The van der Waals surface area contributed by atoms with E-state index >= 15 is 0 Å². The molecule has 4 rings (SSSR count). The van der Waals surface area contributed by atoms with Crippen LogP contribution in [0.2, 0.25) is 0 Å². The number of aryl methyl sites for hydroxylation is 2. The molecule has 0 bridgehead atoms. The van der Waals surface area contributed by atoms with E-state index in [0.717, 1.165) is 56.0 Å². The molecule has 2 aromatic rings. The first kappa shape index (κ1) is 21.7. The van der Waals surface area contributed by atoms with Gasteiger partial charge in [-0.15, -0.1) is 0 Å². The summed E-state index contributed by atoms with van der Waals surface area (Å²) in [6.07, 6.45) is 7.29. The molecule has 9 nitrogen and oxygen atoms in total. The van der Waals surface area contributed by atoms with Crippen LogP contribution in [0.25, 0.3) is 5.78 Å². The van der Waals surface area contributed by atoms with Gasteiger partial charge in [-0.3, -0.25) is 14.5 Å². The molecule has 0 N–H and O–H groups in total. The number of nitrogens with zero attached hydrogens (tertiary/aromatic N) is 7. The summed E-state index contributed by atoms with van der Waals surface area (Å²) in [5.74, 6) is 0.996. The maximum absolute atomic E-state index is 12.8. The Bertz CT molecular complexity index is 925. The monoisotopic (exact) mass is 427 g/mol. The van der Waals surface area contributed by atoms with Crippen molar-refractivity contribution in [1.82, 2.24) is 34.3 Å². The molecule has 2 amide bonds. The molecule has 0 saturated carbocycles. The number of amides is 2. The normalized spacial score (nSPS) is 18.4. The van der Waals surface area contributed by atoms with Crippen LogP contribution in [0, 0.1) is 13.8 Å². The molecule has 0 aliphatic carbocycles. The molecule has 2 saturated heterocycles. The number of likely N-dealkylation sites (tertiary alicyclic amines) is 1. The molecule has 31 heavy (non-hydrogen) atoms. The Morgan fingerprint density at radius 1 is 0.903 bits per heavy atom. The summed E-state index contributed by atoms with van der Waals surface area (Å²) < 4.78 is 1.73. The Balaban J connectivity index is 1.25. The molecule has 0 aromatic carbocycles. The smallest absolute Gasteiger partial charge is 0.252 e.